The fraction of sp³-hybridized carbons (Fsp3) is 1.00. The number of hydrogen-bond acceptors (Lipinski definition) is 4. The van der Waals surface area contributed by atoms with Gasteiger partial charge in [0.2, 0.25) is 0 Å². The molecule has 0 aromatic rings. The first-order valence-electron chi connectivity index (χ1n) is 4.60. The van der Waals surface area contributed by atoms with E-state index in [1.54, 1.807) is 0 Å². The predicted molar refractivity (Wildman–Crippen MR) is 59.2 cm³/mol. The Balaban J connectivity index is 2.60. The number of aliphatic hydroxyl groups is 2. The molecule has 1 saturated heterocycles. The number of rotatable bonds is 2. The molecule has 1 rings (SSSR count). The van der Waals surface area contributed by atoms with Crippen molar-refractivity contribution in [2.45, 2.75) is 38.4 Å². The Morgan fingerprint density at radius 2 is 1.86 bits per heavy atom. The quantitative estimate of drug-likeness (QED) is 0.705. The summed E-state index contributed by atoms with van der Waals surface area (Å²) < 4.78 is 10.9. The third kappa shape index (κ3) is 2.85. The van der Waals surface area contributed by atoms with Crippen molar-refractivity contribution in [3.05, 3.63) is 0 Å². The van der Waals surface area contributed by atoms with E-state index in [0.29, 0.717) is 0 Å². The zero-order valence-corrected chi connectivity index (χ0v) is 10.7. The maximum atomic E-state index is 9.69. The van der Waals surface area contributed by atoms with Crippen LogP contribution in [0, 0.1) is 5.92 Å². The van der Waals surface area contributed by atoms with Gasteiger partial charge in [-0.15, -0.1) is 0 Å². The highest BCUT2D eigenvalue weighted by Crippen LogP contribution is 2.44. The molecule has 0 amide bonds. The lowest BCUT2D eigenvalue weighted by molar-refractivity contribution is -0.248. The lowest BCUT2D eigenvalue weighted by atomic mass is 9.92. The standard InChI is InChI=1S/C8H18O4P2/c1-4-5(2)11-8(12-14(3)13)7(10)6(4)9/h4-10H,13H2,1-3H3. The molecular weight excluding hydrogens is 222 g/mol. The fourth-order valence-electron chi connectivity index (χ4n) is 1.42. The Bertz CT molecular complexity index is 190. The van der Waals surface area contributed by atoms with Gasteiger partial charge in [0.1, 0.15) is 6.10 Å². The highest BCUT2D eigenvalue weighted by Gasteiger charge is 2.41. The predicted octanol–water partition coefficient (Wildman–Crippen LogP) is 0.922. The molecular formula is C8H18O4P2. The van der Waals surface area contributed by atoms with Crippen LogP contribution in [0.4, 0.5) is 0 Å². The van der Waals surface area contributed by atoms with Gasteiger partial charge in [-0.2, -0.15) is 0 Å². The molecule has 1 aliphatic rings. The molecule has 0 bridgehead atoms. The third-order valence-electron chi connectivity index (χ3n) is 2.53. The van der Waals surface area contributed by atoms with Gasteiger partial charge in [-0.05, 0) is 13.6 Å². The lowest BCUT2D eigenvalue weighted by Crippen LogP contribution is -2.52. The van der Waals surface area contributed by atoms with E-state index in [0.717, 1.165) is 0 Å². The van der Waals surface area contributed by atoms with Crippen LogP contribution in [0.25, 0.3) is 0 Å². The van der Waals surface area contributed by atoms with Gasteiger partial charge in [-0.25, -0.2) is 0 Å². The monoisotopic (exact) mass is 240 g/mol. The Kier molecular flexibility index (Phi) is 4.70. The zero-order valence-electron chi connectivity index (χ0n) is 8.62. The maximum Gasteiger partial charge on any atom is 0.190 e. The Labute approximate surface area is 87.9 Å². The highest BCUT2D eigenvalue weighted by molar-refractivity contribution is 8.10. The highest BCUT2D eigenvalue weighted by atomic mass is 32.0. The van der Waals surface area contributed by atoms with Crippen LogP contribution in [-0.4, -0.2) is 41.5 Å². The molecule has 0 spiro atoms. The van der Waals surface area contributed by atoms with E-state index in [1.165, 1.54) is 0 Å². The van der Waals surface area contributed by atoms with Crippen molar-refractivity contribution in [3.8, 4) is 0 Å². The summed E-state index contributed by atoms with van der Waals surface area (Å²) in [5.74, 6) is -0.0718. The summed E-state index contributed by atoms with van der Waals surface area (Å²) >= 11 is 0. The van der Waals surface area contributed by atoms with Crippen molar-refractivity contribution < 1.29 is 19.5 Å². The van der Waals surface area contributed by atoms with E-state index in [9.17, 15) is 10.2 Å². The van der Waals surface area contributed by atoms with Crippen LogP contribution in [0.1, 0.15) is 13.8 Å². The zero-order chi connectivity index (χ0) is 10.9. The Hall–Kier alpha value is 0.700. The first-order chi connectivity index (χ1) is 6.43. The summed E-state index contributed by atoms with van der Waals surface area (Å²) in [7, 11) is 1.84. The van der Waals surface area contributed by atoms with Gasteiger partial charge in [-0.1, -0.05) is 15.9 Å². The Morgan fingerprint density at radius 3 is 2.36 bits per heavy atom. The van der Waals surface area contributed by atoms with E-state index in [4.69, 9.17) is 9.26 Å². The minimum atomic E-state index is -0.952. The molecule has 84 valence electrons. The van der Waals surface area contributed by atoms with Crippen LogP contribution >= 0.6 is 16.8 Å². The van der Waals surface area contributed by atoms with Crippen LogP contribution in [-0.2, 0) is 9.26 Å². The molecule has 4 nitrogen and oxygen atoms in total. The van der Waals surface area contributed by atoms with Crippen molar-refractivity contribution in [1.82, 2.24) is 0 Å². The van der Waals surface area contributed by atoms with E-state index in [1.807, 2.05) is 20.5 Å². The van der Waals surface area contributed by atoms with Crippen molar-refractivity contribution in [3.63, 3.8) is 0 Å². The topological polar surface area (TPSA) is 58.9 Å². The molecule has 0 aliphatic carbocycles. The summed E-state index contributed by atoms with van der Waals surface area (Å²) in [5, 5.41) is 19.4. The molecule has 0 radical (unpaired) electrons. The van der Waals surface area contributed by atoms with Gasteiger partial charge in [0.05, 0.1) is 12.2 Å². The molecule has 1 aliphatic heterocycles. The molecule has 6 heteroatoms. The average molecular weight is 240 g/mol. The summed E-state index contributed by atoms with van der Waals surface area (Å²) in [4.78, 5) is 0. The summed E-state index contributed by atoms with van der Waals surface area (Å²) in [6, 6.07) is 0. The molecule has 7 atom stereocenters. The van der Waals surface area contributed by atoms with Crippen LogP contribution < -0.4 is 0 Å². The minimum absolute atomic E-state index is 0.0718. The number of hydrogen-bond donors (Lipinski definition) is 2. The molecule has 0 aromatic heterocycles. The SMILES string of the molecule is CC1OC(OP(C)P)C(O)C(O)C1C. The second-order valence-electron chi connectivity index (χ2n) is 3.70. The molecule has 14 heavy (non-hydrogen) atoms. The molecule has 0 aromatic carbocycles. The van der Waals surface area contributed by atoms with Crippen LogP contribution in [0.3, 0.4) is 0 Å². The van der Waals surface area contributed by atoms with Gasteiger partial charge in [0, 0.05) is 13.8 Å². The molecule has 7 unspecified atom stereocenters. The molecule has 2 N–H and O–H groups in total. The lowest BCUT2D eigenvalue weighted by Gasteiger charge is -2.40. The van der Waals surface area contributed by atoms with Gasteiger partial charge in [-0.3, -0.25) is 0 Å². The van der Waals surface area contributed by atoms with Crippen LogP contribution in [0.2, 0.25) is 0 Å². The first-order valence-corrected chi connectivity index (χ1v) is 7.92. The van der Waals surface area contributed by atoms with Crippen molar-refractivity contribution in [2.75, 3.05) is 6.66 Å². The van der Waals surface area contributed by atoms with E-state index in [-0.39, 0.29) is 12.0 Å². The average Bonchev–Trinajstić information content (AvgIpc) is 2.10. The smallest absolute Gasteiger partial charge is 0.190 e. The number of aliphatic hydroxyl groups excluding tert-OH is 2. The molecule has 1 fully saturated rings. The summed E-state index contributed by atoms with van der Waals surface area (Å²) in [6.07, 6.45) is -2.53. The Morgan fingerprint density at radius 1 is 1.29 bits per heavy atom. The molecule has 0 saturated carbocycles. The van der Waals surface area contributed by atoms with E-state index >= 15 is 0 Å². The van der Waals surface area contributed by atoms with E-state index < -0.39 is 26.3 Å². The van der Waals surface area contributed by atoms with Gasteiger partial charge >= 0.3 is 0 Å². The summed E-state index contributed by atoms with van der Waals surface area (Å²) in [5.41, 5.74) is 0. The largest absolute Gasteiger partial charge is 0.390 e. The number of ether oxygens (including phenoxy) is 1. The molecule has 1 heterocycles. The second kappa shape index (κ2) is 5.16. The van der Waals surface area contributed by atoms with Gasteiger partial charge in [0.25, 0.3) is 0 Å². The minimum Gasteiger partial charge on any atom is -0.390 e. The van der Waals surface area contributed by atoms with Gasteiger partial charge < -0.3 is 19.5 Å². The van der Waals surface area contributed by atoms with Crippen LogP contribution in [0.15, 0.2) is 0 Å². The van der Waals surface area contributed by atoms with Crippen molar-refractivity contribution in [1.29, 1.82) is 0 Å². The maximum absolute atomic E-state index is 9.69. The van der Waals surface area contributed by atoms with Crippen molar-refractivity contribution >= 4 is 16.8 Å². The summed E-state index contributed by atoms with van der Waals surface area (Å²) in [6.45, 7) is 5.62. The third-order valence-corrected chi connectivity index (χ3v) is 3.43. The van der Waals surface area contributed by atoms with Gasteiger partial charge in [0.15, 0.2) is 6.29 Å². The second-order valence-corrected chi connectivity index (χ2v) is 7.19. The van der Waals surface area contributed by atoms with Crippen LogP contribution in [0.5, 0.6) is 0 Å². The van der Waals surface area contributed by atoms with E-state index in [2.05, 4.69) is 8.93 Å². The normalized spacial score (nSPS) is 46.3. The first kappa shape index (κ1) is 12.8. The van der Waals surface area contributed by atoms with Crippen molar-refractivity contribution in [2.24, 2.45) is 5.92 Å². The fourth-order valence-corrected chi connectivity index (χ4v) is 2.28.